The molecule has 0 radical (unpaired) electrons. The Balaban J connectivity index is 1.78. The second-order valence-corrected chi connectivity index (χ2v) is 20.2. The normalized spacial score (nSPS) is 14.5. The molecule has 2 aliphatic rings. The molecule has 2 aromatic carbocycles. The third-order valence-corrected chi connectivity index (χ3v) is 17.5. The summed E-state index contributed by atoms with van der Waals surface area (Å²) in [6.07, 6.45) is 11.3. The van der Waals surface area contributed by atoms with E-state index in [9.17, 15) is 9.59 Å². The fourth-order valence-electron chi connectivity index (χ4n) is 6.63. The molecule has 2 aliphatic carbocycles. The van der Waals surface area contributed by atoms with Gasteiger partial charge >= 0.3 is 304 Å². The van der Waals surface area contributed by atoms with E-state index >= 15 is 17.6 Å². The summed E-state index contributed by atoms with van der Waals surface area (Å²) in [6.45, 7) is 12.1. The first kappa shape index (κ1) is 40.5. The van der Waals surface area contributed by atoms with Crippen LogP contribution in [0.1, 0.15) is 65.5 Å². The van der Waals surface area contributed by atoms with Gasteiger partial charge in [0.1, 0.15) is 0 Å². The Morgan fingerprint density at radius 1 is 0.686 bits per heavy atom. The molecule has 0 aromatic heterocycles. The molecule has 0 atom stereocenters. The van der Waals surface area contributed by atoms with Crippen molar-refractivity contribution in [2.45, 2.75) is 67.2 Å². The first-order valence-corrected chi connectivity index (χ1v) is 20.7. The Morgan fingerprint density at radius 3 is 1.41 bits per heavy atom. The van der Waals surface area contributed by atoms with Crippen LogP contribution >= 0.6 is 0 Å². The zero-order valence-electron chi connectivity index (χ0n) is 30.5. The van der Waals surface area contributed by atoms with Crippen molar-refractivity contribution >= 4 is 19.6 Å². The quantitative estimate of drug-likeness (QED) is 0.135. The van der Waals surface area contributed by atoms with Crippen LogP contribution in [0.3, 0.4) is 0 Å². The Bertz CT molecular complexity index is 1610. The van der Waals surface area contributed by atoms with E-state index in [1.54, 1.807) is 52.0 Å². The zero-order valence-corrected chi connectivity index (χ0v) is 32.1. The van der Waals surface area contributed by atoms with E-state index in [0.29, 0.717) is 33.8 Å². The molecule has 2 amide bonds. The average Bonchev–Trinajstić information content (AvgIpc) is 3.84. The molecule has 2 N–H and O–H groups in total. The molecule has 11 heteroatoms. The summed E-state index contributed by atoms with van der Waals surface area (Å²) in [5, 5.41) is 5.66. The molecule has 4 rings (SSSR count). The minimum atomic E-state index is -5.04. The van der Waals surface area contributed by atoms with Gasteiger partial charge in [-0.2, -0.15) is 0 Å². The average molecular weight is 747 g/mol. The van der Waals surface area contributed by atoms with Crippen LogP contribution in [0, 0.1) is 34.1 Å². The van der Waals surface area contributed by atoms with Crippen LogP contribution in [-0.4, -0.2) is 51.3 Å². The van der Waals surface area contributed by atoms with Crippen LogP contribution in [0.15, 0.2) is 68.5 Å². The van der Waals surface area contributed by atoms with Crippen molar-refractivity contribution in [2.24, 2.45) is 10.8 Å². The van der Waals surface area contributed by atoms with E-state index in [1.165, 1.54) is 24.3 Å². The summed E-state index contributed by atoms with van der Waals surface area (Å²) >= 11 is -5.04. The van der Waals surface area contributed by atoms with Crippen LogP contribution in [0.2, 0.25) is 0 Å². The summed E-state index contributed by atoms with van der Waals surface area (Å²) < 4.78 is 78.5. The molecular formula is C40H50F4N2O4Ti. The molecule has 0 saturated heterocycles. The topological polar surface area (TPSA) is 76.7 Å². The number of carbonyl (C=O) groups is 2. The number of ether oxygens (including phenoxy) is 2. The SMILES string of the molecule is CCOCC(C)(C)C(=O)NCCc1ccc(F)[c]([Ti]([C]2=CC=CC2)([C]2=CC=CC2)[c]2c(F)ccc(CCNC(=O)C(C)(C)COCC)c2F)c1F. The van der Waals surface area contributed by atoms with Gasteiger partial charge in [-0.3, -0.25) is 0 Å². The third kappa shape index (κ3) is 8.84. The summed E-state index contributed by atoms with van der Waals surface area (Å²) in [5.41, 5.74) is -1.37. The van der Waals surface area contributed by atoms with E-state index < -0.39 is 50.7 Å². The molecule has 0 saturated carbocycles. The molecule has 0 bridgehead atoms. The maximum atomic E-state index is 17.1. The van der Waals surface area contributed by atoms with Gasteiger partial charge in [0, 0.05) is 0 Å². The van der Waals surface area contributed by atoms with Gasteiger partial charge in [-0.05, 0) is 0 Å². The van der Waals surface area contributed by atoms with Crippen LogP contribution in [0.5, 0.6) is 0 Å². The Labute approximate surface area is 302 Å². The van der Waals surface area contributed by atoms with E-state index in [4.69, 9.17) is 9.47 Å². The van der Waals surface area contributed by atoms with Gasteiger partial charge in [0.15, 0.2) is 0 Å². The van der Waals surface area contributed by atoms with Crippen molar-refractivity contribution in [1.29, 1.82) is 0 Å². The first-order chi connectivity index (χ1) is 24.2. The summed E-state index contributed by atoms with van der Waals surface area (Å²) in [4.78, 5) is 25.8. The number of benzene rings is 2. The minimum absolute atomic E-state index is 0.0346. The second-order valence-electron chi connectivity index (χ2n) is 14.2. The van der Waals surface area contributed by atoms with Crippen LogP contribution in [0.4, 0.5) is 17.6 Å². The van der Waals surface area contributed by atoms with Gasteiger partial charge < -0.3 is 0 Å². The number of halogens is 4. The van der Waals surface area contributed by atoms with Crippen molar-refractivity contribution in [1.82, 2.24) is 10.6 Å². The summed E-state index contributed by atoms with van der Waals surface area (Å²) in [7, 11) is 0. The predicted molar refractivity (Wildman–Crippen MR) is 190 cm³/mol. The number of nitrogens with one attached hydrogen (secondary N) is 2. The fraction of sp³-hybridized carbons (Fsp3) is 0.450. The maximum absolute atomic E-state index is 17.1. The number of allylic oxidation sites excluding steroid dienone is 8. The number of hydrogen-bond donors (Lipinski definition) is 2. The van der Waals surface area contributed by atoms with Crippen LogP contribution < -0.4 is 18.4 Å². The molecule has 51 heavy (non-hydrogen) atoms. The van der Waals surface area contributed by atoms with E-state index in [2.05, 4.69) is 10.6 Å². The number of hydrogen-bond acceptors (Lipinski definition) is 4. The van der Waals surface area contributed by atoms with Crippen molar-refractivity contribution < 1.29 is 53.2 Å². The predicted octanol–water partition coefficient (Wildman–Crippen LogP) is 6.48. The van der Waals surface area contributed by atoms with Gasteiger partial charge in [0.25, 0.3) is 0 Å². The molecule has 276 valence electrons. The Hall–Kier alpha value is -3.31. The summed E-state index contributed by atoms with van der Waals surface area (Å²) in [5.74, 6) is -3.99. The van der Waals surface area contributed by atoms with E-state index in [-0.39, 0.29) is 69.8 Å². The third-order valence-electron chi connectivity index (χ3n) is 9.52. The fourth-order valence-corrected chi connectivity index (χ4v) is 15.0. The Kier molecular flexibility index (Phi) is 13.9. The number of amides is 2. The van der Waals surface area contributed by atoms with Gasteiger partial charge in [-0.1, -0.05) is 0 Å². The van der Waals surface area contributed by atoms with Crippen molar-refractivity contribution in [2.75, 3.05) is 39.5 Å². The van der Waals surface area contributed by atoms with Crippen LogP contribution in [0.25, 0.3) is 0 Å². The van der Waals surface area contributed by atoms with Crippen molar-refractivity contribution in [3.8, 4) is 0 Å². The molecule has 0 aliphatic heterocycles. The molecule has 0 spiro atoms. The summed E-state index contributed by atoms with van der Waals surface area (Å²) in [6, 6.07) is 5.00. The molecular weight excluding hydrogens is 696 g/mol. The second kappa shape index (κ2) is 17.5. The van der Waals surface area contributed by atoms with Crippen molar-refractivity contribution in [3.63, 3.8) is 0 Å². The molecule has 0 heterocycles. The first-order valence-electron chi connectivity index (χ1n) is 17.6. The standard InChI is InChI=1S/2C15H20F2NO2.2C5H5.Ti/c2*1-4-20-10-15(2,3)14(19)18-8-7-11-5-6-12(16)9-13(11)17;2*1-2-4-5-3-1;/h2*5-6H,4,7-8,10H2,1-3H3,(H,18,19);2*1-3H,4H2;. The zero-order chi connectivity index (χ0) is 37.4. The van der Waals surface area contributed by atoms with Gasteiger partial charge in [-0.25, -0.2) is 0 Å². The van der Waals surface area contributed by atoms with Gasteiger partial charge in [-0.15, -0.1) is 0 Å². The van der Waals surface area contributed by atoms with Gasteiger partial charge in [0.2, 0.25) is 0 Å². The van der Waals surface area contributed by atoms with Gasteiger partial charge in [0.05, 0.1) is 0 Å². The molecule has 6 nitrogen and oxygen atoms in total. The molecule has 2 aromatic rings. The number of carbonyl (C=O) groups excluding carboxylic acids is 2. The molecule has 0 unspecified atom stereocenters. The number of rotatable bonds is 18. The molecule has 0 fully saturated rings. The van der Waals surface area contributed by atoms with E-state index in [0.717, 1.165) is 0 Å². The van der Waals surface area contributed by atoms with Crippen molar-refractivity contribution in [3.05, 3.63) is 103 Å². The Morgan fingerprint density at radius 2 is 1.08 bits per heavy atom. The monoisotopic (exact) mass is 746 g/mol. The van der Waals surface area contributed by atoms with Crippen LogP contribution in [-0.2, 0) is 48.5 Å². The van der Waals surface area contributed by atoms with E-state index in [1.807, 2.05) is 26.0 Å².